The molecule has 1 N–H and O–H groups in total. The summed E-state index contributed by atoms with van der Waals surface area (Å²) < 4.78 is 19.7. The van der Waals surface area contributed by atoms with Gasteiger partial charge in [-0.05, 0) is 42.3 Å². The molecule has 2 unspecified atom stereocenters. The summed E-state index contributed by atoms with van der Waals surface area (Å²) in [6, 6.07) is 14.6. The van der Waals surface area contributed by atoms with Crippen LogP contribution >= 0.6 is 34.8 Å². The summed E-state index contributed by atoms with van der Waals surface area (Å²) in [4.78, 5) is 10.2. The van der Waals surface area contributed by atoms with E-state index in [-0.39, 0.29) is 16.7 Å². The minimum Gasteiger partial charge on any atom is -0.480 e. The second-order valence-electron chi connectivity index (χ2n) is 7.28. The Morgan fingerprint density at radius 2 is 1.90 bits per heavy atom. The van der Waals surface area contributed by atoms with Gasteiger partial charge in [0.15, 0.2) is 17.5 Å². The van der Waals surface area contributed by atoms with E-state index in [1.165, 1.54) is 24.3 Å². The lowest BCUT2D eigenvalue weighted by Crippen LogP contribution is -2.47. The maximum atomic E-state index is 14.3. The van der Waals surface area contributed by atoms with Crippen LogP contribution in [0.5, 0.6) is 11.5 Å². The molecule has 2 aromatic rings. The van der Waals surface area contributed by atoms with E-state index in [1.54, 1.807) is 50.2 Å². The lowest BCUT2D eigenvalue weighted by atomic mass is 9.67. The van der Waals surface area contributed by atoms with Crippen LogP contribution in [0.4, 0.5) is 4.39 Å². The lowest BCUT2D eigenvalue weighted by molar-refractivity contribution is -0.143. The minimum absolute atomic E-state index is 0.0153. The van der Waals surface area contributed by atoms with Crippen molar-refractivity contribution >= 4 is 40.8 Å². The van der Waals surface area contributed by atoms with Crippen molar-refractivity contribution in [1.29, 1.82) is 5.26 Å². The Morgan fingerprint density at radius 3 is 2.43 bits per heavy atom. The van der Waals surface area contributed by atoms with Gasteiger partial charge in [0.1, 0.15) is 10.2 Å². The SMILES string of the molecule is CC(C)(C(C#N)C(=O)O)C(Cl)(C=C(Cl)Cl)Cc1ccc(F)c(Oc2ccccc2)c1. The number of carboxylic acid groups (broad SMARTS) is 1. The number of ether oxygens (including phenoxy) is 1. The third-order valence-electron chi connectivity index (χ3n) is 4.93. The molecule has 0 aliphatic carbocycles. The maximum absolute atomic E-state index is 14.3. The molecule has 0 aliphatic rings. The quantitative estimate of drug-likeness (QED) is 0.435. The first-order chi connectivity index (χ1) is 14.0. The molecule has 0 fully saturated rings. The standard InChI is InChI=1S/C22H19Cl3FNO3/c1-21(2,16(13-27)20(28)29)22(25,12-19(23)24)11-14-8-9-17(26)18(10-14)30-15-6-4-3-5-7-15/h3-10,12,16H,11H2,1-2H3,(H,28,29). The molecule has 0 heterocycles. The second kappa shape index (κ2) is 9.70. The van der Waals surface area contributed by atoms with Crippen molar-refractivity contribution in [2.75, 3.05) is 0 Å². The van der Waals surface area contributed by atoms with Crippen LogP contribution in [0.3, 0.4) is 0 Å². The zero-order valence-electron chi connectivity index (χ0n) is 16.2. The van der Waals surface area contributed by atoms with Crippen LogP contribution in [0.1, 0.15) is 19.4 Å². The number of nitriles is 1. The van der Waals surface area contributed by atoms with Crippen LogP contribution in [0.15, 0.2) is 59.1 Å². The molecule has 2 rings (SSSR count). The van der Waals surface area contributed by atoms with E-state index < -0.39 is 28.0 Å². The highest BCUT2D eigenvalue weighted by molar-refractivity contribution is 6.56. The first-order valence-corrected chi connectivity index (χ1v) is 10.00. The van der Waals surface area contributed by atoms with E-state index in [9.17, 15) is 19.6 Å². The number of hydrogen-bond acceptors (Lipinski definition) is 3. The monoisotopic (exact) mass is 469 g/mol. The zero-order chi connectivity index (χ0) is 22.5. The minimum atomic E-state index is -1.47. The van der Waals surface area contributed by atoms with E-state index in [1.807, 2.05) is 0 Å². The predicted octanol–water partition coefficient (Wildman–Crippen LogP) is 6.71. The van der Waals surface area contributed by atoms with Crippen LogP contribution in [0, 0.1) is 28.5 Å². The summed E-state index contributed by atoms with van der Waals surface area (Å²) in [5.74, 6) is -2.91. The van der Waals surface area contributed by atoms with E-state index in [0.717, 1.165) is 0 Å². The van der Waals surface area contributed by atoms with Crippen LogP contribution in [-0.4, -0.2) is 16.0 Å². The average Bonchev–Trinajstić information content (AvgIpc) is 2.64. The Balaban J connectivity index is 2.47. The Kier molecular flexibility index (Phi) is 7.76. The number of alkyl halides is 1. The largest absolute Gasteiger partial charge is 0.480 e. The second-order valence-corrected chi connectivity index (χ2v) is 8.96. The van der Waals surface area contributed by atoms with Crippen LogP contribution in [0.25, 0.3) is 0 Å². The van der Waals surface area contributed by atoms with Gasteiger partial charge in [-0.15, -0.1) is 11.6 Å². The Labute approximate surface area is 189 Å². The van der Waals surface area contributed by atoms with Crippen molar-refractivity contribution in [1.82, 2.24) is 0 Å². The Morgan fingerprint density at radius 1 is 1.27 bits per heavy atom. The molecule has 8 heteroatoms. The van der Waals surface area contributed by atoms with Gasteiger partial charge in [-0.2, -0.15) is 5.26 Å². The molecule has 0 radical (unpaired) electrons. The van der Waals surface area contributed by atoms with Crippen LogP contribution < -0.4 is 4.74 Å². The molecule has 0 aromatic heterocycles. The summed E-state index contributed by atoms with van der Waals surface area (Å²) >= 11 is 18.5. The van der Waals surface area contributed by atoms with Gasteiger partial charge in [-0.1, -0.05) is 61.3 Å². The molecule has 0 saturated carbocycles. The first kappa shape index (κ1) is 24.0. The highest BCUT2D eigenvalue weighted by Crippen LogP contribution is 2.47. The fourth-order valence-electron chi connectivity index (χ4n) is 3.05. The molecule has 158 valence electrons. The molecule has 0 amide bonds. The number of para-hydroxylation sites is 1. The number of aliphatic carboxylic acids is 1. The summed E-state index contributed by atoms with van der Waals surface area (Å²) in [6.45, 7) is 3.08. The number of nitrogens with zero attached hydrogens (tertiary/aromatic N) is 1. The maximum Gasteiger partial charge on any atom is 0.321 e. The van der Waals surface area contributed by atoms with E-state index >= 15 is 0 Å². The van der Waals surface area contributed by atoms with Crippen LogP contribution in [0.2, 0.25) is 0 Å². The van der Waals surface area contributed by atoms with Gasteiger partial charge in [0.2, 0.25) is 0 Å². The Bertz CT molecular complexity index is 985. The third kappa shape index (κ3) is 5.46. The van der Waals surface area contributed by atoms with Gasteiger partial charge in [0, 0.05) is 5.41 Å². The van der Waals surface area contributed by atoms with Gasteiger partial charge >= 0.3 is 5.97 Å². The van der Waals surface area contributed by atoms with Crippen molar-refractivity contribution in [2.45, 2.75) is 25.1 Å². The van der Waals surface area contributed by atoms with E-state index in [2.05, 4.69) is 0 Å². The fraction of sp³-hybridized carbons (Fsp3) is 0.273. The van der Waals surface area contributed by atoms with Crippen molar-refractivity contribution in [3.05, 3.63) is 70.5 Å². The number of halogens is 4. The zero-order valence-corrected chi connectivity index (χ0v) is 18.5. The van der Waals surface area contributed by atoms with E-state index in [4.69, 9.17) is 39.5 Å². The average molecular weight is 471 g/mol. The first-order valence-electron chi connectivity index (χ1n) is 8.86. The van der Waals surface area contributed by atoms with Crippen molar-refractivity contribution in [2.24, 2.45) is 11.3 Å². The summed E-state index contributed by atoms with van der Waals surface area (Å²) in [7, 11) is 0. The van der Waals surface area contributed by atoms with Crippen molar-refractivity contribution < 1.29 is 19.0 Å². The van der Waals surface area contributed by atoms with Crippen molar-refractivity contribution in [3.8, 4) is 17.6 Å². The topological polar surface area (TPSA) is 70.3 Å². The molecule has 30 heavy (non-hydrogen) atoms. The molecule has 2 atom stereocenters. The normalized spacial score (nSPS) is 14.2. The number of carboxylic acids is 1. The van der Waals surface area contributed by atoms with Gasteiger partial charge in [-0.25, -0.2) is 4.39 Å². The fourth-order valence-corrected chi connectivity index (χ4v) is 3.91. The smallest absolute Gasteiger partial charge is 0.321 e. The lowest BCUT2D eigenvalue weighted by Gasteiger charge is -2.41. The third-order valence-corrected chi connectivity index (χ3v) is 5.88. The summed E-state index contributed by atoms with van der Waals surface area (Å²) in [6.07, 6.45) is 1.31. The van der Waals surface area contributed by atoms with E-state index in [0.29, 0.717) is 11.3 Å². The summed E-state index contributed by atoms with van der Waals surface area (Å²) in [5, 5.41) is 18.9. The number of carbonyl (C=O) groups is 1. The van der Waals surface area contributed by atoms with Gasteiger partial charge in [0.05, 0.1) is 10.9 Å². The highest BCUT2D eigenvalue weighted by atomic mass is 35.5. The number of rotatable bonds is 8. The highest BCUT2D eigenvalue weighted by Gasteiger charge is 2.50. The molecule has 0 spiro atoms. The molecule has 0 saturated heterocycles. The molecule has 0 bridgehead atoms. The number of allylic oxidation sites excluding steroid dienone is 1. The Hall–Kier alpha value is -2.26. The van der Waals surface area contributed by atoms with Crippen molar-refractivity contribution in [3.63, 3.8) is 0 Å². The van der Waals surface area contributed by atoms with Gasteiger partial charge in [0.25, 0.3) is 0 Å². The predicted molar refractivity (Wildman–Crippen MR) is 116 cm³/mol. The number of hydrogen-bond donors (Lipinski definition) is 1. The van der Waals surface area contributed by atoms with Gasteiger partial charge in [-0.3, -0.25) is 4.79 Å². The summed E-state index contributed by atoms with van der Waals surface area (Å²) in [5.41, 5.74) is -0.753. The number of benzene rings is 2. The molecular formula is C22H19Cl3FNO3. The molecule has 4 nitrogen and oxygen atoms in total. The van der Waals surface area contributed by atoms with Gasteiger partial charge < -0.3 is 9.84 Å². The van der Waals surface area contributed by atoms with Crippen LogP contribution in [-0.2, 0) is 11.2 Å². The molecule has 2 aromatic carbocycles. The molecule has 0 aliphatic heterocycles. The molecular weight excluding hydrogens is 452 g/mol.